The Hall–Kier alpha value is -2.36. The van der Waals surface area contributed by atoms with E-state index < -0.39 is 5.92 Å². The maximum atomic E-state index is 12.2. The number of aromatic nitrogens is 2. The minimum atomic E-state index is -0.873. The van der Waals surface area contributed by atoms with E-state index in [0.717, 1.165) is 5.69 Å². The second-order valence-electron chi connectivity index (χ2n) is 4.26. The first-order valence-electron chi connectivity index (χ1n) is 5.65. The monoisotopic (exact) mass is 238 g/mol. The molecule has 0 radical (unpaired) electrons. The number of Topliss-reactive ketones (excluding diaryl/α,β-unsaturated/α-hetero) is 2. The summed E-state index contributed by atoms with van der Waals surface area (Å²) in [6.45, 7) is 1.81. The normalized spacial score (nSPS) is 14.9. The standard InChI is InChI=1S/C14H10N2O2/c1-8-6-7-15-14(16-8)11-12(17)9-4-2-3-5-10(9)13(11)18/h2-7,11H,1H3. The Morgan fingerprint density at radius 3 is 2.17 bits per heavy atom. The molecule has 1 aromatic heterocycles. The average Bonchev–Trinajstić information content (AvgIpc) is 2.63. The van der Waals surface area contributed by atoms with Gasteiger partial charge in [0.15, 0.2) is 11.6 Å². The third-order valence-electron chi connectivity index (χ3n) is 3.05. The number of hydrogen-bond acceptors (Lipinski definition) is 4. The zero-order valence-electron chi connectivity index (χ0n) is 9.75. The lowest BCUT2D eigenvalue weighted by molar-refractivity contribution is 0.0885. The highest BCUT2D eigenvalue weighted by molar-refractivity contribution is 6.29. The lowest BCUT2D eigenvalue weighted by atomic mass is 10.0. The highest BCUT2D eigenvalue weighted by atomic mass is 16.2. The minimum absolute atomic E-state index is 0.207. The molecule has 1 aliphatic rings. The lowest BCUT2D eigenvalue weighted by Gasteiger charge is -2.05. The fourth-order valence-corrected chi connectivity index (χ4v) is 2.18. The molecule has 0 spiro atoms. The molecule has 0 saturated carbocycles. The predicted octanol–water partition coefficient (Wildman–Crippen LogP) is 1.95. The van der Waals surface area contributed by atoms with E-state index in [9.17, 15) is 9.59 Å². The number of rotatable bonds is 1. The summed E-state index contributed by atoms with van der Waals surface area (Å²) in [7, 11) is 0. The molecule has 2 aromatic rings. The molecule has 3 rings (SSSR count). The number of benzene rings is 1. The third kappa shape index (κ3) is 1.46. The molecule has 1 heterocycles. The molecule has 1 aromatic carbocycles. The second kappa shape index (κ2) is 3.84. The van der Waals surface area contributed by atoms with Gasteiger partial charge >= 0.3 is 0 Å². The van der Waals surface area contributed by atoms with Gasteiger partial charge < -0.3 is 0 Å². The van der Waals surface area contributed by atoms with Crippen molar-refractivity contribution in [2.24, 2.45) is 0 Å². The van der Waals surface area contributed by atoms with Crippen LogP contribution in [0.15, 0.2) is 36.5 Å². The average molecular weight is 238 g/mol. The maximum Gasteiger partial charge on any atom is 0.182 e. The first-order valence-corrected chi connectivity index (χ1v) is 5.65. The van der Waals surface area contributed by atoms with Gasteiger partial charge in [0, 0.05) is 23.0 Å². The van der Waals surface area contributed by atoms with Crippen molar-refractivity contribution in [3.8, 4) is 0 Å². The van der Waals surface area contributed by atoms with E-state index in [-0.39, 0.29) is 11.6 Å². The number of carbonyl (C=O) groups excluding carboxylic acids is 2. The molecule has 18 heavy (non-hydrogen) atoms. The Morgan fingerprint density at radius 1 is 1.00 bits per heavy atom. The lowest BCUT2D eigenvalue weighted by Crippen LogP contribution is -2.16. The van der Waals surface area contributed by atoms with Crippen LogP contribution in [0.5, 0.6) is 0 Å². The minimum Gasteiger partial charge on any atom is -0.293 e. The van der Waals surface area contributed by atoms with Crippen LogP contribution in [0.4, 0.5) is 0 Å². The van der Waals surface area contributed by atoms with E-state index in [4.69, 9.17) is 0 Å². The quantitative estimate of drug-likeness (QED) is 0.712. The topological polar surface area (TPSA) is 59.9 Å². The Morgan fingerprint density at radius 2 is 1.61 bits per heavy atom. The van der Waals surface area contributed by atoms with Crippen molar-refractivity contribution in [2.45, 2.75) is 12.8 Å². The fraction of sp³-hybridized carbons (Fsp3) is 0.143. The van der Waals surface area contributed by atoms with Gasteiger partial charge in [-0.15, -0.1) is 0 Å². The van der Waals surface area contributed by atoms with E-state index in [1.807, 2.05) is 6.92 Å². The van der Waals surface area contributed by atoms with Crippen LogP contribution in [-0.2, 0) is 0 Å². The van der Waals surface area contributed by atoms with Crippen molar-refractivity contribution in [3.63, 3.8) is 0 Å². The van der Waals surface area contributed by atoms with Gasteiger partial charge in [-0.1, -0.05) is 24.3 Å². The molecule has 0 N–H and O–H groups in total. The molecule has 0 bridgehead atoms. The smallest absolute Gasteiger partial charge is 0.182 e. The van der Waals surface area contributed by atoms with Crippen LogP contribution in [0.1, 0.15) is 38.2 Å². The van der Waals surface area contributed by atoms with E-state index in [1.54, 1.807) is 36.5 Å². The van der Waals surface area contributed by atoms with Crippen molar-refractivity contribution in [1.82, 2.24) is 9.97 Å². The summed E-state index contributed by atoms with van der Waals surface area (Å²) in [5, 5.41) is 0. The van der Waals surface area contributed by atoms with Gasteiger partial charge in [-0.05, 0) is 13.0 Å². The molecule has 0 saturated heterocycles. The second-order valence-corrected chi connectivity index (χ2v) is 4.26. The van der Waals surface area contributed by atoms with Crippen LogP contribution in [0.2, 0.25) is 0 Å². The molecule has 0 amide bonds. The van der Waals surface area contributed by atoms with Crippen molar-refractivity contribution in [3.05, 3.63) is 59.2 Å². The number of fused-ring (bicyclic) bond motifs is 1. The summed E-state index contributed by atoms with van der Waals surface area (Å²) in [6, 6.07) is 8.59. The molecule has 0 unspecified atom stereocenters. The fourth-order valence-electron chi connectivity index (χ4n) is 2.18. The third-order valence-corrected chi connectivity index (χ3v) is 3.05. The number of nitrogens with zero attached hydrogens (tertiary/aromatic N) is 2. The zero-order valence-corrected chi connectivity index (χ0v) is 9.75. The SMILES string of the molecule is Cc1ccnc(C2C(=O)c3ccccc3C2=O)n1. The number of carbonyl (C=O) groups is 2. The molecular formula is C14H10N2O2. The summed E-state index contributed by atoms with van der Waals surface area (Å²) in [6.07, 6.45) is 1.57. The Kier molecular flexibility index (Phi) is 2.30. The van der Waals surface area contributed by atoms with Gasteiger partial charge in [0.25, 0.3) is 0 Å². The van der Waals surface area contributed by atoms with E-state index in [1.165, 1.54) is 0 Å². The van der Waals surface area contributed by atoms with Crippen LogP contribution >= 0.6 is 0 Å². The Labute approximate surface area is 104 Å². The van der Waals surface area contributed by atoms with Crippen molar-refractivity contribution >= 4 is 11.6 Å². The van der Waals surface area contributed by atoms with Gasteiger partial charge in [0.1, 0.15) is 11.7 Å². The zero-order chi connectivity index (χ0) is 12.7. The van der Waals surface area contributed by atoms with Gasteiger partial charge in [-0.2, -0.15) is 0 Å². The first-order chi connectivity index (χ1) is 8.68. The van der Waals surface area contributed by atoms with Crippen LogP contribution < -0.4 is 0 Å². The number of hydrogen-bond donors (Lipinski definition) is 0. The number of ketones is 2. The van der Waals surface area contributed by atoms with Crippen molar-refractivity contribution in [1.29, 1.82) is 0 Å². The summed E-state index contributed by atoms with van der Waals surface area (Å²) < 4.78 is 0. The summed E-state index contributed by atoms with van der Waals surface area (Å²) in [5.74, 6) is -0.995. The highest BCUT2D eigenvalue weighted by Gasteiger charge is 2.41. The summed E-state index contributed by atoms with van der Waals surface area (Å²) in [5.41, 5.74) is 1.69. The molecular weight excluding hydrogens is 228 g/mol. The largest absolute Gasteiger partial charge is 0.293 e. The van der Waals surface area contributed by atoms with Crippen molar-refractivity contribution < 1.29 is 9.59 Å². The van der Waals surface area contributed by atoms with Gasteiger partial charge in [-0.3, -0.25) is 9.59 Å². The van der Waals surface area contributed by atoms with Crippen molar-refractivity contribution in [2.75, 3.05) is 0 Å². The molecule has 1 aliphatic carbocycles. The van der Waals surface area contributed by atoms with Crippen LogP contribution in [0.25, 0.3) is 0 Å². The van der Waals surface area contributed by atoms with Gasteiger partial charge in [-0.25, -0.2) is 9.97 Å². The number of aryl methyl sites for hydroxylation is 1. The van der Waals surface area contributed by atoms with Crippen LogP contribution in [0, 0.1) is 6.92 Å². The Bertz CT molecular complexity index is 629. The van der Waals surface area contributed by atoms with Crippen LogP contribution in [-0.4, -0.2) is 21.5 Å². The predicted molar refractivity (Wildman–Crippen MR) is 64.6 cm³/mol. The molecule has 88 valence electrons. The van der Waals surface area contributed by atoms with Crippen LogP contribution in [0.3, 0.4) is 0 Å². The van der Waals surface area contributed by atoms with Gasteiger partial charge in [0.05, 0.1) is 0 Å². The summed E-state index contributed by atoms with van der Waals surface area (Å²) in [4.78, 5) is 32.7. The molecule has 0 fully saturated rings. The molecule has 4 heteroatoms. The Balaban J connectivity index is 2.12. The van der Waals surface area contributed by atoms with Gasteiger partial charge in [0.2, 0.25) is 0 Å². The molecule has 0 aliphatic heterocycles. The summed E-state index contributed by atoms with van der Waals surface area (Å²) >= 11 is 0. The van der Waals surface area contributed by atoms with E-state index >= 15 is 0 Å². The van der Waals surface area contributed by atoms with E-state index in [0.29, 0.717) is 17.0 Å². The highest BCUT2D eigenvalue weighted by Crippen LogP contribution is 2.31. The first kappa shape index (κ1) is 10.8. The maximum absolute atomic E-state index is 12.2. The van der Waals surface area contributed by atoms with E-state index in [2.05, 4.69) is 9.97 Å². The molecule has 4 nitrogen and oxygen atoms in total. The molecule has 0 atom stereocenters.